The van der Waals surface area contributed by atoms with Crippen LogP contribution >= 0.6 is 11.8 Å². The van der Waals surface area contributed by atoms with Crippen molar-refractivity contribution >= 4 is 29.3 Å². The molecule has 0 aliphatic heterocycles. The van der Waals surface area contributed by atoms with Crippen LogP contribution in [0.3, 0.4) is 0 Å². The molecule has 0 atom stereocenters. The van der Waals surface area contributed by atoms with Gasteiger partial charge in [0.05, 0.1) is 12.0 Å². The van der Waals surface area contributed by atoms with Gasteiger partial charge in [0, 0.05) is 23.2 Å². The highest BCUT2D eigenvalue weighted by Gasteiger charge is 2.50. The number of thioether (sulfide) groups is 1. The summed E-state index contributed by atoms with van der Waals surface area (Å²) in [5.74, 6) is 0.463. The Labute approximate surface area is 198 Å². The van der Waals surface area contributed by atoms with E-state index in [1.54, 1.807) is 23.7 Å². The zero-order valence-electron chi connectivity index (χ0n) is 18.8. The summed E-state index contributed by atoms with van der Waals surface area (Å²) in [4.78, 5) is 28.3. The molecule has 0 saturated heterocycles. The summed E-state index contributed by atoms with van der Waals surface area (Å²) in [5.41, 5.74) is 2.84. The lowest BCUT2D eigenvalue weighted by Crippen LogP contribution is -2.37. The number of amides is 2. The predicted molar refractivity (Wildman–Crippen MR) is 131 cm³/mol. The van der Waals surface area contributed by atoms with E-state index >= 15 is 0 Å². The predicted octanol–water partition coefficient (Wildman–Crippen LogP) is 5.88. The number of carbonyl (C=O) groups excluding carboxylic acids is 2. The molecule has 4 rings (SSSR count). The third-order valence-electron chi connectivity index (χ3n) is 6.07. The Bertz CT molecular complexity index is 1120. The third kappa shape index (κ3) is 5.28. The first-order valence-electron chi connectivity index (χ1n) is 11.1. The van der Waals surface area contributed by atoms with Crippen molar-refractivity contribution in [1.82, 2.24) is 4.90 Å². The van der Waals surface area contributed by atoms with E-state index in [2.05, 4.69) is 12.2 Å². The number of carbonyl (C=O) groups is 2. The highest BCUT2D eigenvalue weighted by Crippen LogP contribution is 2.51. The first-order valence-corrected chi connectivity index (χ1v) is 12.1. The number of benzene rings is 3. The van der Waals surface area contributed by atoms with Crippen molar-refractivity contribution in [3.05, 3.63) is 95.3 Å². The van der Waals surface area contributed by atoms with Crippen LogP contribution in [0.5, 0.6) is 0 Å². The topological polar surface area (TPSA) is 49.4 Å². The van der Waals surface area contributed by atoms with E-state index < -0.39 is 0 Å². The summed E-state index contributed by atoms with van der Waals surface area (Å²) in [5, 5.41) is 2.95. The second-order valence-electron chi connectivity index (χ2n) is 8.28. The van der Waals surface area contributed by atoms with Crippen LogP contribution in [0, 0.1) is 5.82 Å². The van der Waals surface area contributed by atoms with Crippen LogP contribution in [0.2, 0.25) is 0 Å². The van der Waals surface area contributed by atoms with Crippen molar-refractivity contribution in [3.63, 3.8) is 0 Å². The van der Waals surface area contributed by atoms with E-state index in [0.717, 1.165) is 35.4 Å². The normalized spacial score (nSPS) is 13.9. The number of hydrogen-bond donors (Lipinski definition) is 1. The summed E-state index contributed by atoms with van der Waals surface area (Å²) >= 11 is 1.78. The maximum Gasteiger partial charge on any atom is 0.254 e. The minimum absolute atomic E-state index is 0.0663. The monoisotopic (exact) mass is 462 g/mol. The Morgan fingerprint density at radius 2 is 1.61 bits per heavy atom. The van der Waals surface area contributed by atoms with Gasteiger partial charge >= 0.3 is 0 Å². The smallest absolute Gasteiger partial charge is 0.254 e. The minimum Gasteiger partial charge on any atom is -0.332 e. The lowest BCUT2D eigenvalue weighted by Gasteiger charge is -2.29. The molecule has 0 radical (unpaired) electrons. The molecule has 0 heterocycles. The molecule has 170 valence electrons. The molecule has 0 spiro atoms. The van der Waals surface area contributed by atoms with Crippen molar-refractivity contribution in [2.24, 2.45) is 0 Å². The molecule has 0 bridgehead atoms. The second kappa shape index (κ2) is 9.79. The highest BCUT2D eigenvalue weighted by atomic mass is 32.2. The quantitative estimate of drug-likeness (QED) is 0.425. The summed E-state index contributed by atoms with van der Waals surface area (Å²) in [6.45, 7) is 2.11. The van der Waals surface area contributed by atoms with E-state index in [9.17, 15) is 14.0 Å². The molecule has 2 amide bonds. The Morgan fingerprint density at radius 1 is 0.970 bits per heavy atom. The molecule has 0 unspecified atom stereocenters. The zero-order chi connectivity index (χ0) is 23.4. The Balaban J connectivity index is 1.38. The van der Waals surface area contributed by atoms with Gasteiger partial charge in [-0.05, 0) is 78.3 Å². The maximum absolute atomic E-state index is 13.2. The summed E-state index contributed by atoms with van der Waals surface area (Å²) < 4.78 is 13.2. The molecule has 1 aliphatic rings. The lowest BCUT2D eigenvalue weighted by molar-refractivity contribution is -0.115. The molecule has 33 heavy (non-hydrogen) atoms. The van der Waals surface area contributed by atoms with E-state index in [1.165, 1.54) is 29.2 Å². The average molecular weight is 463 g/mol. The Kier molecular flexibility index (Phi) is 6.84. The Hall–Kier alpha value is -3.12. The third-order valence-corrected chi connectivity index (χ3v) is 6.96. The minimum atomic E-state index is -0.361. The number of nitrogens with one attached hydrogen (secondary N) is 1. The van der Waals surface area contributed by atoms with E-state index in [4.69, 9.17) is 0 Å². The van der Waals surface area contributed by atoms with Gasteiger partial charge in [-0.3, -0.25) is 9.59 Å². The number of rotatable bonds is 8. The fourth-order valence-electron chi connectivity index (χ4n) is 4.04. The first kappa shape index (κ1) is 23.1. The van der Waals surface area contributed by atoms with Crippen molar-refractivity contribution in [3.8, 4) is 0 Å². The largest absolute Gasteiger partial charge is 0.332 e. The molecule has 1 fully saturated rings. The SMILES string of the molecule is CCSc1ccc(CC(=O)Nc2ccc(C3(N(C)C(=O)c4ccc(F)cc4)CC3)cc2)cc1. The molecule has 0 aromatic heterocycles. The van der Waals surface area contributed by atoms with Gasteiger partial charge in [-0.1, -0.05) is 31.2 Å². The fraction of sp³-hybridized carbons (Fsp3) is 0.259. The van der Waals surface area contributed by atoms with Gasteiger partial charge in [0.25, 0.3) is 5.91 Å². The Morgan fingerprint density at radius 3 is 2.18 bits per heavy atom. The van der Waals surface area contributed by atoms with Crippen molar-refractivity contribution in [2.45, 2.75) is 36.6 Å². The van der Waals surface area contributed by atoms with Crippen LogP contribution in [0.1, 0.15) is 41.3 Å². The molecule has 1 aliphatic carbocycles. The van der Waals surface area contributed by atoms with Crippen LogP contribution in [-0.2, 0) is 16.8 Å². The van der Waals surface area contributed by atoms with Crippen LogP contribution < -0.4 is 5.32 Å². The van der Waals surface area contributed by atoms with Gasteiger partial charge in [0.2, 0.25) is 5.91 Å². The highest BCUT2D eigenvalue weighted by molar-refractivity contribution is 7.99. The van der Waals surface area contributed by atoms with Crippen LogP contribution in [0.4, 0.5) is 10.1 Å². The first-order chi connectivity index (χ1) is 15.9. The van der Waals surface area contributed by atoms with Crippen molar-refractivity contribution in [2.75, 3.05) is 18.1 Å². The van der Waals surface area contributed by atoms with Crippen LogP contribution in [0.25, 0.3) is 0 Å². The molecular formula is C27H27FN2O2S. The van der Waals surface area contributed by atoms with Gasteiger partial charge in [-0.15, -0.1) is 11.8 Å². The van der Waals surface area contributed by atoms with E-state index in [-0.39, 0.29) is 23.2 Å². The average Bonchev–Trinajstić information content (AvgIpc) is 3.63. The van der Waals surface area contributed by atoms with Gasteiger partial charge in [0.15, 0.2) is 0 Å². The van der Waals surface area contributed by atoms with Crippen molar-refractivity contribution < 1.29 is 14.0 Å². The van der Waals surface area contributed by atoms with Gasteiger partial charge < -0.3 is 10.2 Å². The second-order valence-corrected chi connectivity index (χ2v) is 9.62. The fourth-order valence-corrected chi connectivity index (χ4v) is 4.70. The van der Waals surface area contributed by atoms with Crippen LogP contribution in [-0.4, -0.2) is 29.5 Å². The van der Waals surface area contributed by atoms with Crippen molar-refractivity contribution in [1.29, 1.82) is 0 Å². The van der Waals surface area contributed by atoms with Gasteiger partial charge in [0.1, 0.15) is 5.82 Å². The molecule has 3 aromatic rings. The van der Waals surface area contributed by atoms with E-state index in [0.29, 0.717) is 12.0 Å². The summed E-state index contributed by atoms with van der Waals surface area (Å²) in [6.07, 6.45) is 2.06. The molecule has 6 heteroatoms. The molecule has 1 N–H and O–H groups in total. The standard InChI is InChI=1S/C27H27FN2O2S/c1-3-33-24-14-4-19(5-15-24)18-25(31)29-23-12-8-21(9-13-23)27(16-17-27)30(2)26(32)20-6-10-22(28)11-7-20/h4-15H,3,16-18H2,1-2H3,(H,29,31). The summed E-state index contributed by atoms with van der Waals surface area (Å²) in [6, 6.07) is 21.4. The maximum atomic E-state index is 13.2. The van der Waals surface area contributed by atoms with Gasteiger partial charge in [-0.2, -0.15) is 0 Å². The number of nitrogens with zero attached hydrogens (tertiary/aromatic N) is 1. The molecular weight excluding hydrogens is 435 g/mol. The molecule has 3 aromatic carbocycles. The number of hydrogen-bond acceptors (Lipinski definition) is 3. The molecule has 1 saturated carbocycles. The van der Waals surface area contributed by atoms with Crippen LogP contribution in [0.15, 0.2) is 77.7 Å². The van der Waals surface area contributed by atoms with Gasteiger partial charge in [-0.25, -0.2) is 4.39 Å². The lowest BCUT2D eigenvalue weighted by atomic mass is 10.0. The number of halogens is 1. The number of anilines is 1. The summed E-state index contributed by atoms with van der Waals surface area (Å²) in [7, 11) is 1.79. The van der Waals surface area contributed by atoms with E-state index in [1.807, 2.05) is 48.5 Å². The molecule has 4 nitrogen and oxygen atoms in total. The zero-order valence-corrected chi connectivity index (χ0v) is 19.6.